The van der Waals surface area contributed by atoms with Crippen LogP contribution in [0.4, 0.5) is 5.69 Å². The second kappa shape index (κ2) is 10.1. The average Bonchev–Trinajstić information content (AvgIpc) is 2.74. The summed E-state index contributed by atoms with van der Waals surface area (Å²) in [5, 5.41) is 7.00. The molecule has 3 nitrogen and oxygen atoms in total. The van der Waals surface area contributed by atoms with Crippen LogP contribution >= 0.6 is 11.6 Å². The van der Waals surface area contributed by atoms with Gasteiger partial charge in [-0.25, -0.2) is 0 Å². The fourth-order valence-electron chi connectivity index (χ4n) is 3.02. The number of hydrogen-bond acceptors (Lipinski definition) is 2. The molecule has 0 bridgehead atoms. The van der Waals surface area contributed by atoms with Gasteiger partial charge in [-0.1, -0.05) is 78.3 Å². The SMILES string of the molecule is C[C@@H](NCc1ccc(Cl)c(NC(=O)CCc2ccccc2)c1)c1ccccc1. The van der Waals surface area contributed by atoms with Gasteiger partial charge < -0.3 is 10.6 Å². The zero-order valence-corrected chi connectivity index (χ0v) is 16.7. The number of benzene rings is 3. The van der Waals surface area contributed by atoms with Crippen LogP contribution in [-0.2, 0) is 17.8 Å². The van der Waals surface area contributed by atoms with Crippen molar-refractivity contribution in [3.63, 3.8) is 0 Å². The number of amides is 1. The Morgan fingerprint density at radius 2 is 1.61 bits per heavy atom. The van der Waals surface area contributed by atoms with Gasteiger partial charge >= 0.3 is 0 Å². The lowest BCUT2D eigenvalue weighted by Gasteiger charge is -2.15. The van der Waals surface area contributed by atoms with Crippen LogP contribution in [0.1, 0.15) is 36.1 Å². The summed E-state index contributed by atoms with van der Waals surface area (Å²) in [7, 11) is 0. The highest BCUT2D eigenvalue weighted by molar-refractivity contribution is 6.33. The molecule has 2 N–H and O–H groups in total. The normalized spacial score (nSPS) is 11.8. The number of nitrogens with one attached hydrogen (secondary N) is 2. The minimum atomic E-state index is -0.0338. The highest BCUT2D eigenvalue weighted by atomic mass is 35.5. The van der Waals surface area contributed by atoms with Crippen LogP contribution in [-0.4, -0.2) is 5.91 Å². The van der Waals surface area contributed by atoms with Gasteiger partial charge in [0.2, 0.25) is 5.91 Å². The number of hydrogen-bond donors (Lipinski definition) is 2. The molecule has 0 fully saturated rings. The van der Waals surface area contributed by atoms with Crippen LogP contribution in [0.5, 0.6) is 0 Å². The second-order valence-corrected chi connectivity index (χ2v) is 7.27. The van der Waals surface area contributed by atoms with E-state index in [1.54, 1.807) is 0 Å². The molecular weight excluding hydrogens is 368 g/mol. The molecule has 144 valence electrons. The van der Waals surface area contributed by atoms with Gasteiger partial charge in [0.1, 0.15) is 0 Å². The Morgan fingerprint density at radius 1 is 0.929 bits per heavy atom. The van der Waals surface area contributed by atoms with Crippen molar-refractivity contribution in [2.45, 2.75) is 32.4 Å². The Morgan fingerprint density at radius 3 is 2.32 bits per heavy atom. The Labute approximate surface area is 171 Å². The maximum Gasteiger partial charge on any atom is 0.224 e. The smallest absolute Gasteiger partial charge is 0.224 e. The lowest BCUT2D eigenvalue weighted by molar-refractivity contribution is -0.116. The Balaban J connectivity index is 1.56. The zero-order valence-electron chi connectivity index (χ0n) is 16.0. The molecule has 3 aromatic carbocycles. The van der Waals surface area contributed by atoms with Gasteiger partial charge in [-0.05, 0) is 42.2 Å². The fraction of sp³-hybridized carbons (Fsp3) is 0.208. The van der Waals surface area contributed by atoms with Crippen LogP contribution in [0.25, 0.3) is 0 Å². The zero-order chi connectivity index (χ0) is 19.8. The van der Waals surface area contributed by atoms with Crippen LogP contribution in [0, 0.1) is 0 Å². The van der Waals surface area contributed by atoms with Crippen molar-refractivity contribution >= 4 is 23.2 Å². The first-order chi connectivity index (χ1) is 13.6. The third-order valence-electron chi connectivity index (χ3n) is 4.70. The van der Waals surface area contributed by atoms with Gasteiger partial charge in [0.15, 0.2) is 0 Å². The number of anilines is 1. The molecule has 0 aliphatic carbocycles. The van der Waals surface area contributed by atoms with Crippen LogP contribution in [0.3, 0.4) is 0 Å². The molecule has 0 spiro atoms. The van der Waals surface area contributed by atoms with Crippen LogP contribution in [0.15, 0.2) is 78.9 Å². The number of carbonyl (C=O) groups excluding carboxylic acids is 1. The Kier molecular flexibility index (Phi) is 7.24. The largest absolute Gasteiger partial charge is 0.325 e. The van der Waals surface area contributed by atoms with E-state index in [-0.39, 0.29) is 11.9 Å². The van der Waals surface area contributed by atoms with Crippen molar-refractivity contribution in [2.75, 3.05) is 5.32 Å². The van der Waals surface area contributed by atoms with E-state index >= 15 is 0 Å². The lowest BCUT2D eigenvalue weighted by atomic mass is 10.1. The molecule has 4 heteroatoms. The molecule has 0 saturated carbocycles. The maximum absolute atomic E-state index is 12.3. The molecule has 3 rings (SSSR count). The van der Waals surface area contributed by atoms with E-state index in [2.05, 4.69) is 29.7 Å². The molecular formula is C24H25ClN2O. The first-order valence-corrected chi connectivity index (χ1v) is 9.90. The summed E-state index contributed by atoms with van der Waals surface area (Å²) >= 11 is 6.28. The Hall–Kier alpha value is -2.62. The molecule has 0 heterocycles. The minimum absolute atomic E-state index is 0.0338. The van der Waals surface area contributed by atoms with Gasteiger partial charge in [-0.2, -0.15) is 0 Å². The summed E-state index contributed by atoms with van der Waals surface area (Å²) in [4.78, 5) is 12.3. The average molecular weight is 393 g/mol. The van der Waals surface area contributed by atoms with Crippen molar-refractivity contribution in [2.24, 2.45) is 0 Å². The van der Waals surface area contributed by atoms with Crippen molar-refractivity contribution < 1.29 is 4.79 Å². The molecule has 0 radical (unpaired) electrons. The number of rotatable bonds is 8. The summed E-state index contributed by atoms with van der Waals surface area (Å²) in [6.45, 7) is 2.83. The number of halogens is 1. The molecule has 28 heavy (non-hydrogen) atoms. The van der Waals surface area contributed by atoms with E-state index in [1.807, 2.05) is 66.7 Å². The van der Waals surface area contributed by atoms with Gasteiger partial charge in [0.25, 0.3) is 0 Å². The summed E-state index contributed by atoms with van der Waals surface area (Å²) < 4.78 is 0. The molecule has 3 aromatic rings. The van der Waals surface area contributed by atoms with Gasteiger partial charge in [-0.15, -0.1) is 0 Å². The van der Waals surface area contributed by atoms with E-state index in [1.165, 1.54) is 5.56 Å². The summed E-state index contributed by atoms with van der Waals surface area (Å²) in [6.07, 6.45) is 1.13. The quantitative estimate of drug-likeness (QED) is 0.511. The van der Waals surface area contributed by atoms with Crippen molar-refractivity contribution in [3.8, 4) is 0 Å². The molecule has 0 unspecified atom stereocenters. The third kappa shape index (κ3) is 5.95. The third-order valence-corrected chi connectivity index (χ3v) is 5.03. The predicted molar refractivity (Wildman–Crippen MR) is 117 cm³/mol. The molecule has 0 saturated heterocycles. The van der Waals surface area contributed by atoms with Gasteiger partial charge in [0, 0.05) is 19.0 Å². The Bertz CT molecular complexity index is 897. The highest BCUT2D eigenvalue weighted by Crippen LogP contribution is 2.24. The van der Waals surface area contributed by atoms with Gasteiger partial charge in [-0.3, -0.25) is 4.79 Å². The van der Waals surface area contributed by atoms with E-state index in [4.69, 9.17) is 11.6 Å². The second-order valence-electron chi connectivity index (χ2n) is 6.86. The molecule has 1 amide bonds. The monoisotopic (exact) mass is 392 g/mol. The van der Waals surface area contributed by atoms with Crippen LogP contribution < -0.4 is 10.6 Å². The van der Waals surface area contributed by atoms with E-state index in [0.29, 0.717) is 30.1 Å². The van der Waals surface area contributed by atoms with E-state index < -0.39 is 0 Å². The summed E-state index contributed by atoms with van der Waals surface area (Å²) in [6, 6.07) is 26.3. The number of carbonyl (C=O) groups is 1. The van der Waals surface area contributed by atoms with Crippen molar-refractivity contribution in [1.82, 2.24) is 5.32 Å². The van der Waals surface area contributed by atoms with Crippen molar-refractivity contribution in [3.05, 3.63) is 101 Å². The van der Waals surface area contributed by atoms with Crippen molar-refractivity contribution in [1.29, 1.82) is 0 Å². The molecule has 0 aromatic heterocycles. The van der Waals surface area contributed by atoms with Gasteiger partial charge in [0.05, 0.1) is 10.7 Å². The predicted octanol–water partition coefficient (Wildman–Crippen LogP) is 5.76. The molecule has 0 aliphatic rings. The minimum Gasteiger partial charge on any atom is -0.325 e. The topological polar surface area (TPSA) is 41.1 Å². The van der Waals surface area contributed by atoms with Crippen LogP contribution in [0.2, 0.25) is 5.02 Å². The molecule has 1 atom stereocenters. The van der Waals surface area contributed by atoms with E-state index in [9.17, 15) is 4.79 Å². The lowest BCUT2D eigenvalue weighted by Crippen LogP contribution is -2.18. The first-order valence-electron chi connectivity index (χ1n) is 9.52. The van der Waals surface area contributed by atoms with E-state index in [0.717, 1.165) is 11.1 Å². The summed E-state index contributed by atoms with van der Waals surface area (Å²) in [5.41, 5.74) is 4.12. The highest BCUT2D eigenvalue weighted by Gasteiger charge is 2.09. The molecule has 0 aliphatic heterocycles. The standard InChI is InChI=1S/C24H25ClN2O/c1-18(21-10-6-3-7-11-21)26-17-20-12-14-22(25)23(16-20)27-24(28)15-13-19-8-4-2-5-9-19/h2-12,14,16,18,26H,13,15,17H2,1H3,(H,27,28)/t18-/m1/s1. The number of aryl methyl sites for hydroxylation is 1. The fourth-order valence-corrected chi connectivity index (χ4v) is 3.19. The maximum atomic E-state index is 12.3. The first kappa shape index (κ1) is 20.1. The summed E-state index contributed by atoms with van der Waals surface area (Å²) in [5.74, 6) is -0.0338.